The number of fused-ring (bicyclic) bond motifs is 1. The van der Waals surface area contributed by atoms with E-state index in [0.29, 0.717) is 5.75 Å². The summed E-state index contributed by atoms with van der Waals surface area (Å²) in [5, 5.41) is 9.92. The summed E-state index contributed by atoms with van der Waals surface area (Å²) in [7, 11) is 0. The molecule has 26 heavy (non-hydrogen) atoms. The first-order valence-electron chi connectivity index (χ1n) is 8.64. The number of rotatable bonds is 2. The van der Waals surface area contributed by atoms with Gasteiger partial charge >= 0.3 is 0 Å². The summed E-state index contributed by atoms with van der Waals surface area (Å²) in [4.78, 5) is 2.34. The predicted octanol–water partition coefficient (Wildman–Crippen LogP) is 6.16. The summed E-state index contributed by atoms with van der Waals surface area (Å²) in [6.45, 7) is 2.16. The molecule has 2 unspecified atom stereocenters. The van der Waals surface area contributed by atoms with Gasteiger partial charge < -0.3 is 10.0 Å². The van der Waals surface area contributed by atoms with Gasteiger partial charge in [-0.2, -0.15) is 0 Å². The van der Waals surface area contributed by atoms with Crippen LogP contribution >= 0.6 is 15.9 Å². The van der Waals surface area contributed by atoms with Gasteiger partial charge in [-0.1, -0.05) is 34.1 Å². The Kier molecular flexibility index (Phi) is 4.45. The standard InChI is InChI=1S/C22H19BrFNO/c1-14-21-11-10-20(26)12-16(21)13-22(15-2-4-17(23)5-3-15)25(14)19-8-6-18(24)7-9-19/h2-12,14,22,26H,13H2,1H3. The second-order valence-corrected chi connectivity index (χ2v) is 7.63. The number of benzene rings is 3. The highest BCUT2D eigenvalue weighted by atomic mass is 79.9. The number of halogens is 2. The highest BCUT2D eigenvalue weighted by Crippen LogP contribution is 2.44. The van der Waals surface area contributed by atoms with Crippen LogP contribution in [0.1, 0.15) is 35.7 Å². The van der Waals surface area contributed by atoms with Crippen molar-refractivity contribution in [3.8, 4) is 5.75 Å². The Morgan fingerprint density at radius 2 is 1.69 bits per heavy atom. The van der Waals surface area contributed by atoms with Crippen LogP contribution in [0.15, 0.2) is 71.2 Å². The molecule has 0 spiro atoms. The van der Waals surface area contributed by atoms with Crippen LogP contribution in [-0.4, -0.2) is 5.11 Å². The Morgan fingerprint density at radius 3 is 2.38 bits per heavy atom. The van der Waals surface area contributed by atoms with E-state index in [4.69, 9.17) is 0 Å². The molecule has 1 aliphatic heterocycles. The lowest BCUT2D eigenvalue weighted by Gasteiger charge is -2.44. The van der Waals surface area contributed by atoms with Crippen LogP contribution in [-0.2, 0) is 6.42 Å². The van der Waals surface area contributed by atoms with E-state index in [2.05, 4.69) is 39.9 Å². The minimum atomic E-state index is -0.232. The maximum atomic E-state index is 13.4. The van der Waals surface area contributed by atoms with Gasteiger partial charge in [0.1, 0.15) is 11.6 Å². The quantitative estimate of drug-likeness (QED) is 0.545. The molecule has 0 amide bonds. The van der Waals surface area contributed by atoms with E-state index < -0.39 is 0 Å². The summed E-state index contributed by atoms with van der Waals surface area (Å²) in [5.41, 5.74) is 4.54. The molecule has 0 saturated heterocycles. The molecular weight excluding hydrogens is 393 g/mol. The minimum Gasteiger partial charge on any atom is -0.508 e. The molecule has 4 heteroatoms. The molecule has 132 valence electrons. The summed E-state index contributed by atoms with van der Waals surface area (Å²) >= 11 is 3.50. The molecule has 4 rings (SSSR count). The summed E-state index contributed by atoms with van der Waals surface area (Å²) in [5.74, 6) is 0.0599. The SMILES string of the molecule is CC1c2ccc(O)cc2CC(c2ccc(Br)cc2)N1c1ccc(F)cc1. The maximum absolute atomic E-state index is 13.4. The second kappa shape index (κ2) is 6.76. The van der Waals surface area contributed by atoms with E-state index in [9.17, 15) is 9.50 Å². The molecule has 0 aliphatic carbocycles. The third-order valence-corrected chi connectivity index (χ3v) is 5.65. The molecular formula is C22H19BrFNO. The third-order valence-electron chi connectivity index (χ3n) is 5.12. The van der Waals surface area contributed by atoms with Crippen LogP contribution in [0.25, 0.3) is 0 Å². The zero-order valence-electron chi connectivity index (χ0n) is 14.4. The highest BCUT2D eigenvalue weighted by Gasteiger charge is 2.33. The Bertz CT molecular complexity index is 924. The Hall–Kier alpha value is -2.33. The molecule has 0 saturated carbocycles. The summed E-state index contributed by atoms with van der Waals surface area (Å²) in [6, 6.07) is 20.8. The van der Waals surface area contributed by atoms with Crippen molar-refractivity contribution in [3.05, 3.63) is 93.7 Å². The largest absolute Gasteiger partial charge is 0.508 e. The number of nitrogens with zero attached hydrogens (tertiary/aromatic N) is 1. The maximum Gasteiger partial charge on any atom is 0.123 e. The number of hydrogen-bond donors (Lipinski definition) is 1. The van der Waals surface area contributed by atoms with Crippen LogP contribution < -0.4 is 4.90 Å². The molecule has 0 bridgehead atoms. The van der Waals surface area contributed by atoms with E-state index in [0.717, 1.165) is 22.1 Å². The van der Waals surface area contributed by atoms with E-state index >= 15 is 0 Å². The lowest BCUT2D eigenvalue weighted by molar-refractivity contribution is 0.468. The minimum absolute atomic E-state index is 0.109. The number of anilines is 1. The molecule has 1 aliphatic rings. The van der Waals surface area contributed by atoms with E-state index in [1.54, 1.807) is 6.07 Å². The number of phenolic OH excluding ortho intramolecular Hbond substituents is 1. The van der Waals surface area contributed by atoms with Crippen LogP contribution in [0.3, 0.4) is 0 Å². The lowest BCUT2D eigenvalue weighted by Crippen LogP contribution is -2.37. The van der Waals surface area contributed by atoms with E-state index in [-0.39, 0.29) is 17.9 Å². The van der Waals surface area contributed by atoms with Gasteiger partial charge in [0.25, 0.3) is 0 Å². The van der Waals surface area contributed by atoms with Crippen molar-refractivity contribution in [1.82, 2.24) is 0 Å². The molecule has 0 aromatic heterocycles. The van der Waals surface area contributed by atoms with Crippen molar-refractivity contribution in [2.45, 2.75) is 25.4 Å². The average Bonchev–Trinajstić information content (AvgIpc) is 2.63. The first-order chi connectivity index (χ1) is 12.5. The average molecular weight is 412 g/mol. The Labute approximate surface area is 161 Å². The molecule has 3 aromatic rings. The molecule has 3 aromatic carbocycles. The van der Waals surface area contributed by atoms with Crippen LogP contribution in [0, 0.1) is 5.82 Å². The molecule has 1 N–H and O–H groups in total. The van der Waals surface area contributed by atoms with Gasteiger partial charge in [0.2, 0.25) is 0 Å². The van der Waals surface area contributed by atoms with Crippen LogP contribution in [0.5, 0.6) is 5.75 Å². The van der Waals surface area contributed by atoms with Gasteiger partial charge in [-0.15, -0.1) is 0 Å². The second-order valence-electron chi connectivity index (χ2n) is 6.71. The van der Waals surface area contributed by atoms with Crippen LogP contribution in [0.2, 0.25) is 0 Å². The van der Waals surface area contributed by atoms with Crippen molar-refractivity contribution in [2.24, 2.45) is 0 Å². The van der Waals surface area contributed by atoms with Crippen LogP contribution in [0.4, 0.5) is 10.1 Å². The van der Waals surface area contributed by atoms with E-state index in [1.807, 2.05) is 36.4 Å². The highest BCUT2D eigenvalue weighted by molar-refractivity contribution is 9.10. The van der Waals surface area contributed by atoms with Crippen molar-refractivity contribution in [2.75, 3.05) is 4.90 Å². The summed E-state index contributed by atoms with van der Waals surface area (Å²) < 4.78 is 14.5. The zero-order chi connectivity index (χ0) is 18.3. The van der Waals surface area contributed by atoms with Crippen molar-refractivity contribution in [3.63, 3.8) is 0 Å². The summed E-state index contributed by atoms with van der Waals surface area (Å²) in [6.07, 6.45) is 0.785. The lowest BCUT2D eigenvalue weighted by atomic mass is 9.85. The number of aromatic hydroxyl groups is 1. The monoisotopic (exact) mass is 411 g/mol. The van der Waals surface area contributed by atoms with Gasteiger partial charge in [-0.05, 0) is 78.6 Å². The van der Waals surface area contributed by atoms with Gasteiger partial charge in [-0.25, -0.2) is 4.39 Å². The molecule has 0 fully saturated rings. The molecule has 2 atom stereocenters. The fourth-order valence-electron chi connectivity index (χ4n) is 3.88. The zero-order valence-corrected chi connectivity index (χ0v) is 15.9. The normalized spacial score (nSPS) is 19.3. The molecule has 2 nitrogen and oxygen atoms in total. The third kappa shape index (κ3) is 3.10. The van der Waals surface area contributed by atoms with Gasteiger partial charge in [0, 0.05) is 10.2 Å². The van der Waals surface area contributed by atoms with Gasteiger partial charge in [0.15, 0.2) is 0 Å². The van der Waals surface area contributed by atoms with Crippen molar-refractivity contribution >= 4 is 21.6 Å². The van der Waals surface area contributed by atoms with Gasteiger partial charge in [0.05, 0.1) is 12.1 Å². The Balaban J connectivity index is 1.84. The number of phenols is 1. The van der Waals surface area contributed by atoms with Gasteiger partial charge in [-0.3, -0.25) is 0 Å². The topological polar surface area (TPSA) is 23.5 Å². The molecule has 0 radical (unpaired) electrons. The fraction of sp³-hybridized carbons (Fsp3) is 0.182. The molecule has 1 heterocycles. The smallest absolute Gasteiger partial charge is 0.123 e. The fourth-order valence-corrected chi connectivity index (χ4v) is 4.15. The van der Waals surface area contributed by atoms with Crippen molar-refractivity contribution in [1.29, 1.82) is 0 Å². The van der Waals surface area contributed by atoms with Crippen molar-refractivity contribution < 1.29 is 9.50 Å². The predicted molar refractivity (Wildman–Crippen MR) is 106 cm³/mol. The number of hydrogen-bond acceptors (Lipinski definition) is 2. The Morgan fingerprint density at radius 1 is 1.00 bits per heavy atom. The first kappa shape index (κ1) is 17.1. The van der Waals surface area contributed by atoms with E-state index in [1.165, 1.54) is 23.3 Å². The first-order valence-corrected chi connectivity index (χ1v) is 9.43.